The monoisotopic (exact) mass is 295 g/mol. The van der Waals surface area contributed by atoms with Crippen LogP contribution in [0, 0.1) is 0 Å². The fraction of sp³-hybridized carbons (Fsp3) is 0.227. The van der Waals surface area contributed by atoms with Gasteiger partial charge in [0.2, 0.25) is 0 Å². The normalized spacial score (nSPS) is 22.3. The molecule has 1 heteroatoms. The molecular formula is C22H17N. The summed E-state index contributed by atoms with van der Waals surface area (Å²) >= 11 is 0. The molecule has 23 heavy (non-hydrogen) atoms. The maximum atomic E-state index is 5.22. The summed E-state index contributed by atoms with van der Waals surface area (Å²) in [6, 6.07) is 20.0. The lowest BCUT2D eigenvalue weighted by atomic mass is 9.91. The molecule has 0 saturated heterocycles. The Bertz CT molecular complexity index is 1020. The van der Waals surface area contributed by atoms with E-state index >= 15 is 0 Å². The smallest absolute Gasteiger partial charge is 0.0790 e. The lowest BCUT2D eigenvalue weighted by Crippen LogP contribution is -2.01. The van der Waals surface area contributed by atoms with E-state index in [0.29, 0.717) is 5.92 Å². The van der Waals surface area contributed by atoms with Crippen LogP contribution in [0.4, 0.5) is 0 Å². The molecule has 2 unspecified atom stereocenters. The second-order valence-corrected chi connectivity index (χ2v) is 7.16. The van der Waals surface area contributed by atoms with Crippen LogP contribution in [0.2, 0.25) is 0 Å². The Morgan fingerprint density at radius 3 is 2.09 bits per heavy atom. The molecule has 0 radical (unpaired) electrons. The highest BCUT2D eigenvalue weighted by molar-refractivity contribution is 6.24. The lowest BCUT2D eigenvalue weighted by Gasteiger charge is -2.17. The highest BCUT2D eigenvalue weighted by Crippen LogP contribution is 2.53. The summed E-state index contributed by atoms with van der Waals surface area (Å²) < 4.78 is 0. The zero-order valence-corrected chi connectivity index (χ0v) is 12.9. The number of rotatable bonds is 0. The van der Waals surface area contributed by atoms with Gasteiger partial charge in [0, 0.05) is 22.4 Å². The molecule has 0 amide bonds. The van der Waals surface area contributed by atoms with E-state index in [0.717, 1.165) is 5.92 Å². The number of hydrogen-bond acceptors (Lipinski definition) is 1. The van der Waals surface area contributed by atoms with Crippen LogP contribution in [-0.2, 0) is 0 Å². The third-order valence-corrected chi connectivity index (χ3v) is 6.03. The van der Waals surface area contributed by atoms with Crippen LogP contribution >= 0.6 is 0 Å². The van der Waals surface area contributed by atoms with Crippen molar-refractivity contribution in [1.82, 2.24) is 4.98 Å². The Morgan fingerprint density at radius 1 is 0.696 bits per heavy atom. The van der Waals surface area contributed by atoms with Gasteiger partial charge in [-0.25, -0.2) is 0 Å². The number of nitrogens with zero attached hydrogens (tertiary/aromatic N) is 1. The summed E-state index contributed by atoms with van der Waals surface area (Å²) in [5, 5.41) is 6.66. The van der Waals surface area contributed by atoms with Gasteiger partial charge in [-0.15, -0.1) is 0 Å². The van der Waals surface area contributed by atoms with Gasteiger partial charge in [-0.2, -0.15) is 0 Å². The minimum Gasteiger partial charge on any atom is -0.252 e. The fourth-order valence-corrected chi connectivity index (χ4v) is 5.00. The maximum Gasteiger partial charge on any atom is 0.0790 e. The molecule has 6 rings (SSSR count). The van der Waals surface area contributed by atoms with Gasteiger partial charge >= 0.3 is 0 Å². The summed E-state index contributed by atoms with van der Waals surface area (Å²) in [6.45, 7) is 0. The van der Waals surface area contributed by atoms with Gasteiger partial charge in [-0.3, -0.25) is 4.98 Å². The van der Waals surface area contributed by atoms with Crippen LogP contribution in [0.3, 0.4) is 0 Å². The molecule has 1 heterocycles. The van der Waals surface area contributed by atoms with E-state index in [1.54, 1.807) is 0 Å². The zero-order chi connectivity index (χ0) is 15.0. The van der Waals surface area contributed by atoms with Crippen molar-refractivity contribution in [2.75, 3.05) is 0 Å². The summed E-state index contributed by atoms with van der Waals surface area (Å²) in [5.41, 5.74) is 4.13. The van der Waals surface area contributed by atoms with Crippen LogP contribution in [0.25, 0.3) is 32.4 Å². The molecule has 1 aromatic heterocycles. The van der Waals surface area contributed by atoms with Crippen LogP contribution < -0.4 is 0 Å². The van der Waals surface area contributed by atoms with E-state index < -0.39 is 0 Å². The van der Waals surface area contributed by atoms with Crippen molar-refractivity contribution >= 4 is 32.4 Å². The molecule has 1 nitrogen and oxygen atoms in total. The first-order valence-electron chi connectivity index (χ1n) is 8.64. The van der Waals surface area contributed by atoms with Gasteiger partial charge in [-0.05, 0) is 53.0 Å². The molecule has 110 valence electrons. The third kappa shape index (κ3) is 1.45. The molecule has 1 saturated carbocycles. The summed E-state index contributed by atoms with van der Waals surface area (Å²) in [5.74, 6) is 1.47. The quantitative estimate of drug-likeness (QED) is 0.368. The van der Waals surface area contributed by atoms with Gasteiger partial charge in [0.15, 0.2) is 0 Å². The summed E-state index contributed by atoms with van der Waals surface area (Å²) in [4.78, 5) is 5.22. The van der Waals surface area contributed by atoms with Crippen molar-refractivity contribution in [3.05, 3.63) is 65.9 Å². The van der Waals surface area contributed by atoms with Crippen LogP contribution in [0.15, 0.2) is 54.6 Å². The average molecular weight is 295 g/mol. The van der Waals surface area contributed by atoms with Gasteiger partial charge in [0.1, 0.15) is 0 Å². The standard InChI is InChI=1S/C22H17N/c1-2-7-17-15(5-1)16-6-3-4-8-18(16)22-20(17)12-19-13-9-10-14(11-13)21(19)23-22/h1-8,12-14H,9-11H2. The Morgan fingerprint density at radius 2 is 1.30 bits per heavy atom. The maximum absolute atomic E-state index is 5.22. The van der Waals surface area contributed by atoms with E-state index in [4.69, 9.17) is 4.98 Å². The topological polar surface area (TPSA) is 12.9 Å². The van der Waals surface area contributed by atoms with Crippen molar-refractivity contribution < 1.29 is 0 Å². The molecule has 3 aromatic carbocycles. The van der Waals surface area contributed by atoms with Crippen molar-refractivity contribution in [2.45, 2.75) is 31.1 Å². The first kappa shape index (κ1) is 12.1. The first-order valence-corrected chi connectivity index (χ1v) is 8.64. The molecular weight excluding hydrogens is 278 g/mol. The number of hydrogen-bond donors (Lipinski definition) is 0. The number of pyridine rings is 1. The second-order valence-electron chi connectivity index (χ2n) is 7.16. The fourth-order valence-electron chi connectivity index (χ4n) is 5.00. The van der Waals surface area contributed by atoms with Gasteiger partial charge in [-0.1, -0.05) is 48.5 Å². The Hall–Kier alpha value is -2.41. The van der Waals surface area contributed by atoms with E-state index in [-0.39, 0.29) is 0 Å². The minimum absolute atomic E-state index is 0.713. The highest BCUT2D eigenvalue weighted by Gasteiger charge is 2.38. The molecule has 2 atom stereocenters. The van der Waals surface area contributed by atoms with Crippen molar-refractivity contribution in [3.63, 3.8) is 0 Å². The van der Waals surface area contributed by atoms with Gasteiger partial charge in [0.05, 0.1) is 5.52 Å². The predicted molar refractivity (Wildman–Crippen MR) is 96.1 cm³/mol. The number of fused-ring (bicyclic) bond motifs is 11. The van der Waals surface area contributed by atoms with E-state index in [9.17, 15) is 0 Å². The average Bonchev–Trinajstić information content (AvgIpc) is 3.23. The molecule has 0 aliphatic heterocycles. The predicted octanol–water partition coefficient (Wildman–Crippen LogP) is 5.91. The molecule has 1 fully saturated rings. The second kappa shape index (κ2) is 4.11. The molecule has 0 N–H and O–H groups in total. The lowest BCUT2D eigenvalue weighted by molar-refractivity contribution is 0.701. The van der Waals surface area contributed by atoms with Gasteiger partial charge < -0.3 is 0 Å². The molecule has 2 aliphatic rings. The highest BCUT2D eigenvalue weighted by atomic mass is 14.7. The van der Waals surface area contributed by atoms with Crippen molar-refractivity contribution in [3.8, 4) is 0 Å². The Balaban J connectivity index is 1.89. The zero-order valence-electron chi connectivity index (χ0n) is 12.9. The van der Waals surface area contributed by atoms with Crippen molar-refractivity contribution in [2.24, 2.45) is 0 Å². The van der Waals surface area contributed by atoms with Crippen LogP contribution in [0.5, 0.6) is 0 Å². The van der Waals surface area contributed by atoms with E-state index in [1.165, 1.54) is 63.0 Å². The third-order valence-electron chi connectivity index (χ3n) is 6.03. The first-order chi connectivity index (χ1) is 11.4. The summed E-state index contributed by atoms with van der Waals surface area (Å²) in [7, 11) is 0. The van der Waals surface area contributed by atoms with Crippen LogP contribution in [0.1, 0.15) is 42.4 Å². The molecule has 4 aromatic rings. The van der Waals surface area contributed by atoms with Gasteiger partial charge in [0.25, 0.3) is 0 Å². The molecule has 0 spiro atoms. The Kier molecular flexibility index (Phi) is 2.16. The largest absolute Gasteiger partial charge is 0.252 e. The van der Waals surface area contributed by atoms with E-state index in [1.807, 2.05) is 0 Å². The summed E-state index contributed by atoms with van der Waals surface area (Å²) in [6.07, 6.45) is 4.02. The molecule has 2 aliphatic carbocycles. The number of benzene rings is 3. The minimum atomic E-state index is 0.713. The SMILES string of the molecule is c1ccc2c(c1)c1ccccc1c1nc3c(cc21)C1CCC3C1. The Labute approximate surface area is 135 Å². The van der Waals surface area contributed by atoms with E-state index in [2.05, 4.69) is 54.6 Å². The van der Waals surface area contributed by atoms with Crippen LogP contribution in [-0.4, -0.2) is 4.98 Å². The van der Waals surface area contributed by atoms with Crippen molar-refractivity contribution in [1.29, 1.82) is 0 Å². The number of aromatic nitrogens is 1. The molecule has 2 bridgehead atoms.